The number of hydrogen-bond donors (Lipinski definition) is 1. The molecule has 0 aliphatic heterocycles. The number of rotatable bonds is 6. The first-order chi connectivity index (χ1) is 13.7. The molecule has 2 N–H and O–H groups in total. The zero-order chi connectivity index (χ0) is 19.5. The molecule has 0 fully saturated rings. The summed E-state index contributed by atoms with van der Waals surface area (Å²) < 4.78 is 2.10. The first-order valence-electron chi connectivity index (χ1n) is 9.80. The molecule has 0 amide bonds. The molecule has 0 atom stereocenters. The van der Waals surface area contributed by atoms with E-state index in [1.54, 1.807) is 0 Å². The van der Waals surface area contributed by atoms with Gasteiger partial charge in [-0.1, -0.05) is 43.2 Å². The first-order valence-corrected chi connectivity index (χ1v) is 9.80. The Hall–Kier alpha value is -3.05. The number of aromatic nitrogens is 4. The Bertz CT molecular complexity index is 1100. The number of hydrogen-bond acceptors (Lipinski definition) is 4. The molecule has 0 saturated heterocycles. The molecule has 1 aromatic carbocycles. The van der Waals surface area contributed by atoms with E-state index in [1.807, 2.05) is 30.6 Å². The normalized spacial score (nSPS) is 11.2. The van der Waals surface area contributed by atoms with E-state index in [0.717, 1.165) is 58.9 Å². The van der Waals surface area contributed by atoms with Gasteiger partial charge in [-0.2, -0.15) is 0 Å². The van der Waals surface area contributed by atoms with Gasteiger partial charge in [0, 0.05) is 30.9 Å². The molecule has 0 spiro atoms. The summed E-state index contributed by atoms with van der Waals surface area (Å²) >= 11 is 0. The van der Waals surface area contributed by atoms with Crippen molar-refractivity contribution in [3.63, 3.8) is 0 Å². The van der Waals surface area contributed by atoms with Gasteiger partial charge < -0.3 is 5.73 Å². The fourth-order valence-corrected chi connectivity index (χ4v) is 3.36. The summed E-state index contributed by atoms with van der Waals surface area (Å²) in [6.45, 7) is 4.76. The summed E-state index contributed by atoms with van der Waals surface area (Å²) in [5.74, 6) is 0.878. The maximum absolute atomic E-state index is 5.83. The van der Waals surface area contributed by atoms with Gasteiger partial charge in [-0.3, -0.25) is 4.40 Å². The van der Waals surface area contributed by atoms with Crippen LogP contribution in [0.25, 0.3) is 28.3 Å². The topological polar surface area (TPSA) is 69.1 Å². The lowest BCUT2D eigenvalue weighted by atomic mass is 10.1. The average molecular weight is 371 g/mol. The van der Waals surface area contributed by atoms with Gasteiger partial charge in [-0.05, 0) is 37.1 Å². The summed E-state index contributed by atoms with van der Waals surface area (Å²) in [6.07, 6.45) is 6.98. The van der Waals surface area contributed by atoms with Crippen molar-refractivity contribution in [2.45, 2.75) is 39.7 Å². The smallest absolute Gasteiger partial charge is 0.138 e. The number of aryl methyl sites for hydroxylation is 2. The number of unbranched alkanes of at least 4 members (excludes halogenated alkanes) is 1. The number of benzene rings is 1. The van der Waals surface area contributed by atoms with Crippen LogP contribution in [0, 0.1) is 6.92 Å². The molecule has 0 aliphatic carbocycles. The standard InChI is InChI=1S/C23H25N5/c1-3-4-5-20-25-12-10-19(26-20)23-22(18-8-6-16(2)7-9-18)27-21-14-17(15-24)11-13-28(21)23/h6-14H,3-5,15,24H2,1-2H3. The molecule has 0 radical (unpaired) electrons. The molecule has 28 heavy (non-hydrogen) atoms. The molecular weight excluding hydrogens is 346 g/mol. The zero-order valence-corrected chi connectivity index (χ0v) is 16.4. The van der Waals surface area contributed by atoms with Crippen LogP contribution >= 0.6 is 0 Å². The third-order valence-corrected chi connectivity index (χ3v) is 4.95. The summed E-state index contributed by atoms with van der Waals surface area (Å²) in [6, 6.07) is 14.5. The van der Waals surface area contributed by atoms with Crippen LogP contribution in [0.15, 0.2) is 54.9 Å². The van der Waals surface area contributed by atoms with E-state index >= 15 is 0 Å². The largest absolute Gasteiger partial charge is 0.326 e. The van der Waals surface area contributed by atoms with Gasteiger partial charge in [0.2, 0.25) is 0 Å². The maximum Gasteiger partial charge on any atom is 0.138 e. The molecule has 0 bridgehead atoms. The Morgan fingerprint density at radius 3 is 2.61 bits per heavy atom. The zero-order valence-electron chi connectivity index (χ0n) is 16.4. The molecule has 0 saturated carbocycles. The quantitative estimate of drug-likeness (QED) is 0.539. The van der Waals surface area contributed by atoms with Crippen molar-refractivity contribution < 1.29 is 0 Å². The number of fused-ring (bicyclic) bond motifs is 1. The minimum atomic E-state index is 0.493. The fourth-order valence-electron chi connectivity index (χ4n) is 3.36. The van der Waals surface area contributed by atoms with E-state index in [2.05, 4.69) is 47.5 Å². The van der Waals surface area contributed by atoms with Crippen molar-refractivity contribution in [2.24, 2.45) is 5.73 Å². The van der Waals surface area contributed by atoms with Crippen LogP contribution in [0.1, 0.15) is 36.7 Å². The minimum absolute atomic E-state index is 0.493. The minimum Gasteiger partial charge on any atom is -0.326 e. The number of nitrogens with two attached hydrogens (primary N) is 1. The predicted molar refractivity (Wildman–Crippen MR) is 113 cm³/mol. The number of nitrogens with zero attached hydrogens (tertiary/aromatic N) is 4. The second kappa shape index (κ2) is 7.90. The van der Waals surface area contributed by atoms with Crippen molar-refractivity contribution in [3.8, 4) is 22.6 Å². The SMILES string of the molecule is CCCCc1nccc(-c2c(-c3ccc(C)cc3)nc3cc(CN)ccn23)n1. The van der Waals surface area contributed by atoms with Gasteiger partial charge in [0.1, 0.15) is 11.5 Å². The van der Waals surface area contributed by atoms with Crippen molar-refractivity contribution >= 4 is 5.65 Å². The van der Waals surface area contributed by atoms with Crippen LogP contribution in [0.3, 0.4) is 0 Å². The van der Waals surface area contributed by atoms with Gasteiger partial charge >= 0.3 is 0 Å². The van der Waals surface area contributed by atoms with Crippen LogP contribution in [-0.4, -0.2) is 19.4 Å². The molecule has 4 aromatic rings. The van der Waals surface area contributed by atoms with Gasteiger partial charge in [-0.25, -0.2) is 15.0 Å². The van der Waals surface area contributed by atoms with Crippen molar-refractivity contribution in [3.05, 3.63) is 71.8 Å². The summed E-state index contributed by atoms with van der Waals surface area (Å²) in [7, 11) is 0. The van der Waals surface area contributed by atoms with Crippen LogP contribution in [0.4, 0.5) is 0 Å². The van der Waals surface area contributed by atoms with E-state index < -0.39 is 0 Å². The van der Waals surface area contributed by atoms with E-state index in [-0.39, 0.29) is 0 Å². The highest BCUT2D eigenvalue weighted by molar-refractivity contribution is 5.80. The molecular formula is C23H25N5. The molecule has 4 rings (SSSR count). The summed E-state index contributed by atoms with van der Waals surface area (Å²) in [4.78, 5) is 14.2. The highest BCUT2D eigenvalue weighted by Crippen LogP contribution is 2.32. The van der Waals surface area contributed by atoms with E-state index in [1.165, 1.54) is 5.56 Å². The molecule has 5 heteroatoms. The Labute approximate surface area is 165 Å². The highest BCUT2D eigenvalue weighted by atomic mass is 15.0. The Kier molecular flexibility index (Phi) is 5.17. The van der Waals surface area contributed by atoms with Crippen molar-refractivity contribution in [1.29, 1.82) is 0 Å². The maximum atomic E-state index is 5.83. The third-order valence-electron chi connectivity index (χ3n) is 4.95. The Balaban J connectivity index is 1.92. The third kappa shape index (κ3) is 3.53. The van der Waals surface area contributed by atoms with E-state index in [9.17, 15) is 0 Å². The van der Waals surface area contributed by atoms with Gasteiger partial charge in [0.05, 0.1) is 17.1 Å². The second-order valence-electron chi connectivity index (χ2n) is 7.10. The van der Waals surface area contributed by atoms with E-state index in [0.29, 0.717) is 6.54 Å². The second-order valence-corrected chi connectivity index (χ2v) is 7.10. The highest BCUT2D eigenvalue weighted by Gasteiger charge is 2.18. The Morgan fingerprint density at radius 2 is 1.86 bits per heavy atom. The molecule has 3 heterocycles. The van der Waals surface area contributed by atoms with E-state index in [4.69, 9.17) is 15.7 Å². The molecule has 3 aromatic heterocycles. The van der Waals surface area contributed by atoms with Crippen LogP contribution in [-0.2, 0) is 13.0 Å². The lowest BCUT2D eigenvalue weighted by Gasteiger charge is -2.07. The van der Waals surface area contributed by atoms with Crippen molar-refractivity contribution in [2.75, 3.05) is 0 Å². The Morgan fingerprint density at radius 1 is 1.04 bits per heavy atom. The fraction of sp³-hybridized carbons (Fsp3) is 0.261. The number of pyridine rings is 1. The summed E-state index contributed by atoms with van der Waals surface area (Å²) in [5.41, 5.74) is 12.9. The average Bonchev–Trinajstić information content (AvgIpc) is 3.11. The lowest BCUT2D eigenvalue weighted by Crippen LogP contribution is -2.00. The number of imidazole rings is 1. The predicted octanol–water partition coefficient (Wildman–Crippen LogP) is 4.57. The van der Waals surface area contributed by atoms with Crippen molar-refractivity contribution in [1.82, 2.24) is 19.4 Å². The first kappa shape index (κ1) is 18.3. The summed E-state index contributed by atoms with van der Waals surface area (Å²) in [5, 5.41) is 0. The van der Waals surface area contributed by atoms with Crippen LogP contribution in [0.2, 0.25) is 0 Å². The molecule has 0 aliphatic rings. The van der Waals surface area contributed by atoms with Gasteiger partial charge in [0.15, 0.2) is 0 Å². The monoisotopic (exact) mass is 371 g/mol. The molecule has 0 unspecified atom stereocenters. The van der Waals surface area contributed by atoms with Crippen LogP contribution in [0.5, 0.6) is 0 Å². The van der Waals surface area contributed by atoms with Crippen LogP contribution < -0.4 is 5.73 Å². The molecule has 142 valence electrons. The van der Waals surface area contributed by atoms with Gasteiger partial charge in [-0.15, -0.1) is 0 Å². The molecule has 5 nitrogen and oxygen atoms in total. The van der Waals surface area contributed by atoms with Gasteiger partial charge in [0.25, 0.3) is 0 Å². The lowest BCUT2D eigenvalue weighted by molar-refractivity contribution is 0.753.